The van der Waals surface area contributed by atoms with Crippen LogP contribution < -0.4 is 47.4 Å². The van der Waals surface area contributed by atoms with Crippen LogP contribution in [0.25, 0.3) is 0 Å². The zero-order chi connectivity index (χ0) is 66.2. The van der Waals surface area contributed by atoms with Crippen LogP contribution in [-0.4, -0.2) is 22.4 Å². The van der Waals surface area contributed by atoms with E-state index >= 15 is 0 Å². The van der Waals surface area contributed by atoms with Crippen molar-refractivity contribution in [1.29, 1.82) is 0 Å². The van der Waals surface area contributed by atoms with Gasteiger partial charge in [0.2, 0.25) is 0 Å². The smallest absolute Gasteiger partial charge is 0.162 e. The molecule has 0 amide bonds. The minimum Gasteiger partial charge on any atom is -0.489 e. The van der Waals surface area contributed by atoms with E-state index in [1.54, 1.807) is 0 Å². The summed E-state index contributed by atoms with van der Waals surface area (Å²) < 4.78 is 69.4. The molecule has 12 heteroatoms. The molecular weight excluding hydrogens is 1230 g/mol. The van der Waals surface area contributed by atoms with Crippen LogP contribution in [0.1, 0.15) is 90.5 Å². The van der Waals surface area contributed by atoms with Gasteiger partial charge in [0.05, 0.1) is 12.0 Å². The van der Waals surface area contributed by atoms with E-state index in [1.807, 2.05) is 297 Å². The minimum atomic E-state index is -1.43. The third kappa shape index (κ3) is 15.6. The van der Waals surface area contributed by atoms with Crippen molar-refractivity contribution in [3.63, 3.8) is 0 Å². The number of fused-ring (bicyclic) bond motifs is 2. The first-order valence-electron chi connectivity index (χ1n) is 33.1. The van der Waals surface area contributed by atoms with Crippen LogP contribution in [0.5, 0.6) is 57.5 Å². The zero-order valence-corrected chi connectivity index (χ0v) is 54.0. The highest BCUT2D eigenvalue weighted by molar-refractivity contribution is 5.67. The standard InChI is InChI=1S/C86H74O12/c87-71-49-70-74(92-54-62-31-15-4-16-32-62)50-78(96-58-66-39-23-8-24-40-66)81(86(70)98-84(71)67-41-43-72(90-52-60-27-11-2-12-28-60)75(45-67)93-55-63-33-17-5-18-34-63)82-80-77(95-57-65-37-21-7-22-38-65)47-69(89-51-59-25-9-1-10-26-59)48-79(80)97-85(83(82)88)68-42-44-73(91-53-61-29-13-3-14-30-61)76(46-68)94-56-64-35-19-6-20-36-64/h1-48,50,71,82-85,87-88H,49,51-58H2/t71-,82-,83-,84+,85+/m0/s1/i82+1. The predicted octanol–water partition coefficient (Wildman–Crippen LogP) is 18.0. The second kappa shape index (κ2) is 31.0. The molecule has 12 nitrogen and oxygen atoms in total. The van der Waals surface area contributed by atoms with Gasteiger partial charge in [0.15, 0.2) is 29.1 Å². The molecule has 0 spiro atoms. The summed E-state index contributed by atoms with van der Waals surface area (Å²) in [5, 5.41) is 27.0. The first-order chi connectivity index (χ1) is 48.4. The maximum Gasteiger partial charge on any atom is 0.162 e. The Kier molecular flexibility index (Phi) is 20.2. The number of benzene rings is 12. The summed E-state index contributed by atoms with van der Waals surface area (Å²) in [5.74, 6) is 3.21. The quantitative estimate of drug-likeness (QED) is 0.0475. The van der Waals surface area contributed by atoms with Crippen molar-refractivity contribution in [2.75, 3.05) is 0 Å². The number of ether oxygens (including phenoxy) is 10. The average molecular weight is 1300 g/mol. The van der Waals surface area contributed by atoms with E-state index in [0.29, 0.717) is 91.9 Å². The zero-order valence-electron chi connectivity index (χ0n) is 54.0. The largest absolute Gasteiger partial charge is 0.489 e. The van der Waals surface area contributed by atoms with E-state index in [9.17, 15) is 10.2 Å². The molecule has 0 bridgehead atoms. The number of rotatable bonds is 27. The molecule has 0 fully saturated rings. The molecule has 490 valence electrons. The third-order valence-electron chi connectivity index (χ3n) is 17.5. The Balaban J connectivity index is 0.954. The Bertz CT molecular complexity index is 4530. The third-order valence-corrected chi connectivity index (χ3v) is 17.5. The van der Waals surface area contributed by atoms with Gasteiger partial charge in [0.1, 0.15) is 99.6 Å². The molecule has 14 rings (SSSR count). The molecule has 0 saturated heterocycles. The number of aliphatic hydroxyl groups is 2. The molecule has 2 N–H and O–H groups in total. The molecule has 2 aliphatic rings. The average Bonchev–Trinajstić information content (AvgIpc) is 0.724. The van der Waals surface area contributed by atoms with E-state index in [4.69, 9.17) is 47.4 Å². The van der Waals surface area contributed by atoms with Gasteiger partial charge in [-0.15, -0.1) is 0 Å². The number of aliphatic hydroxyl groups excluding tert-OH is 2. The molecule has 2 heterocycles. The molecule has 12 aromatic carbocycles. The maximum absolute atomic E-state index is 14.1. The molecule has 0 aliphatic carbocycles. The lowest BCUT2D eigenvalue weighted by Gasteiger charge is -2.41. The maximum atomic E-state index is 14.1. The summed E-state index contributed by atoms with van der Waals surface area (Å²) in [6.07, 6.45) is -4.62. The van der Waals surface area contributed by atoms with Gasteiger partial charge in [0.25, 0.3) is 0 Å². The van der Waals surface area contributed by atoms with Gasteiger partial charge < -0.3 is 57.6 Å². The van der Waals surface area contributed by atoms with Crippen LogP contribution in [-0.2, 0) is 59.3 Å². The first kappa shape index (κ1) is 63.9. The van der Waals surface area contributed by atoms with Crippen LogP contribution in [0, 0.1) is 0 Å². The molecular formula is C86H74O12. The summed E-state index contributed by atoms with van der Waals surface area (Å²) in [7, 11) is 0. The van der Waals surface area contributed by atoms with Crippen molar-refractivity contribution in [2.24, 2.45) is 0 Å². The predicted molar refractivity (Wildman–Crippen MR) is 376 cm³/mol. The van der Waals surface area contributed by atoms with E-state index in [2.05, 4.69) is 0 Å². The van der Waals surface area contributed by atoms with Crippen LogP contribution in [0.3, 0.4) is 0 Å². The Labute approximate surface area is 571 Å². The lowest BCUT2D eigenvalue weighted by Crippen LogP contribution is -2.37. The Morgan fingerprint density at radius 1 is 0.286 bits per heavy atom. The fourth-order valence-electron chi connectivity index (χ4n) is 12.4. The van der Waals surface area contributed by atoms with Crippen LogP contribution in [0.15, 0.2) is 297 Å². The van der Waals surface area contributed by atoms with Gasteiger partial charge in [-0.1, -0.05) is 255 Å². The summed E-state index contributed by atoms with van der Waals surface area (Å²) >= 11 is 0. The van der Waals surface area contributed by atoms with Gasteiger partial charge in [-0.2, -0.15) is 0 Å². The molecule has 0 saturated carbocycles. The van der Waals surface area contributed by atoms with Gasteiger partial charge in [-0.3, -0.25) is 0 Å². The normalized spacial score (nSPS) is 16.0. The van der Waals surface area contributed by atoms with Crippen molar-refractivity contribution in [3.05, 3.63) is 370 Å². The SMILES string of the molecule is O[C@@H]1[C@@H](c2ccc(OCc3ccccc3)c(OCc3ccccc3)c2)Oc2cc(OCc3ccccc3)cc(OCc3ccccc3)c2[13C@H]1c1c(OCc2ccccc2)cc(OCc2ccccc2)c2c1O[C@H](c1ccc(OCc3ccccc3)c(OCc3ccccc3)c1)[C@@H](O)C2. The van der Waals surface area contributed by atoms with Crippen molar-refractivity contribution < 1.29 is 57.6 Å². The Hall–Kier alpha value is -11.4. The fourth-order valence-corrected chi connectivity index (χ4v) is 12.4. The molecule has 12 aromatic rings. The van der Waals surface area contributed by atoms with Gasteiger partial charge in [0, 0.05) is 41.3 Å². The second-order valence-corrected chi connectivity index (χ2v) is 24.4. The fraction of sp³-hybridized carbons (Fsp3) is 0.163. The van der Waals surface area contributed by atoms with Crippen LogP contribution in [0.4, 0.5) is 0 Å². The number of hydrogen-bond acceptors (Lipinski definition) is 12. The highest BCUT2D eigenvalue weighted by Crippen LogP contribution is 2.58. The highest BCUT2D eigenvalue weighted by atomic mass is 16.5. The van der Waals surface area contributed by atoms with Gasteiger partial charge in [-0.25, -0.2) is 0 Å². The van der Waals surface area contributed by atoms with Gasteiger partial charge >= 0.3 is 0 Å². The topological polar surface area (TPSA) is 133 Å². The van der Waals surface area contributed by atoms with Crippen molar-refractivity contribution in [2.45, 2.75) is 89.6 Å². The molecule has 98 heavy (non-hydrogen) atoms. The van der Waals surface area contributed by atoms with Crippen molar-refractivity contribution in [1.82, 2.24) is 0 Å². The van der Waals surface area contributed by atoms with Crippen molar-refractivity contribution in [3.8, 4) is 57.5 Å². The van der Waals surface area contributed by atoms with Crippen LogP contribution >= 0.6 is 0 Å². The summed E-state index contributed by atoms with van der Waals surface area (Å²) in [5.41, 5.74) is 10.3. The van der Waals surface area contributed by atoms with Crippen LogP contribution in [0.2, 0.25) is 0 Å². The highest BCUT2D eigenvalue weighted by Gasteiger charge is 2.47. The minimum absolute atomic E-state index is 0.0638. The summed E-state index contributed by atoms with van der Waals surface area (Å²) in [4.78, 5) is 0. The number of hydrogen-bond donors (Lipinski definition) is 2. The van der Waals surface area contributed by atoms with Crippen molar-refractivity contribution >= 4 is 0 Å². The molecule has 0 unspecified atom stereocenters. The monoisotopic (exact) mass is 1300 g/mol. The lowest BCUT2D eigenvalue weighted by atomic mass is 9.89. The van der Waals surface area contributed by atoms with E-state index in [1.165, 1.54) is 0 Å². The summed E-state index contributed by atoms with van der Waals surface area (Å²) in [6, 6.07) is 96.4. The lowest BCUT2D eigenvalue weighted by molar-refractivity contribution is 0.000521. The Morgan fingerprint density at radius 2 is 0.612 bits per heavy atom. The first-order valence-corrected chi connectivity index (χ1v) is 33.1. The Morgan fingerprint density at radius 3 is 1.00 bits per heavy atom. The van der Waals surface area contributed by atoms with E-state index in [0.717, 1.165) is 44.5 Å². The molecule has 5 atom stereocenters. The summed E-state index contributed by atoms with van der Waals surface area (Å²) in [6.45, 7) is 1.75. The van der Waals surface area contributed by atoms with E-state index in [-0.39, 0.29) is 52.7 Å². The second-order valence-electron chi connectivity index (χ2n) is 24.4. The molecule has 0 aromatic heterocycles. The molecule has 0 radical (unpaired) electrons. The molecule has 2 aliphatic heterocycles. The van der Waals surface area contributed by atoms with E-state index < -0.39 is 30.3 Å². The van der Waals surface area contributed by atoms with Gasteiger partial charge in [-0.05, 0) is 79.9 Å².